The zero-order valence-corrected chi connectivity index (χ0v) is 7.21. The fraction of sp³-hybridized carbons (Fsp3) is 0. The first-order valence-corrected chi connectivity index (χ1v) is 3.87. The van der Waals surface area contributed by atoms with E-state index in [2.05, 4.69) is 9.97 Å². The average molecular weight is 205 g/mol. The van der Waals surface area contributed by atoms with Gasteiger partial charge in [-0.2, -0.15) is 0 Å². The summed E-state index contributed by atoms with van der Waals surface area (Å²) in [7, 11) is 0. The molecule has 0 saturated heterocycles. The van der Waals surface area contributed by atoms with Gasteiger partial charge in [0.25, 0.3) is 0 Å². The lowest BCUT2D eigenvalue weighted by atomic mass is 10.1. The van der Waals surface area contributed by atoms with E-state index in [9.17, 15) is 19.7 Å². The molecule has 0 aromatic carbocycles. The molecular formula is C8H3N3O4. The number of hydrogen-bond acceptors (Lipinski definition) is 6. The maximum Gasteiger partial charge on any atom is 0.348 e. The van der Waals surface area contributed by atoms with Gasteiger partial charge in [0.05, 0.1) is 10.3 Å². The summed E-state index contributed by atoms with van der Waals surface area (Å²) in [6.45, 7) is 0. The highest BCUT2D eigenvalue weighted by Gasteiger charge is 2.32. The second-order valence-electron chi connectivity index (χ2n) is 2.73. The number of rotatable bonds is 1. The van der Waals surface area contributed by atoms with Gasteiger partial charge < -0.3 is 0 Å². The number of Topliss-reactive ketones (excluding diaryl/α,β-unsaturated/α-hetero) is 2. The lowest BCUT2D eigenvalue weighted by Crippen LogP contribution is -2.43. The molecule has 0 atom stereocenters. The van der Waals surface area contributed by atoms with Gasteiger partial charge in [0, 0.05) is 18.5 Å². The second-order valence-corrected chi connectivity index (χ2v) is 2.73. The molecular weight excluding hydrogens is 202 g/mol. The van der Waals surface area contributed by atoms with E-state index in [-0.39, 0.29) is 10.7 Å². The fourth-order valence-electron chi connectivity index (χ4n) is 1.22. The molecule has 0 aliphatic heterocycles. The number of carbonyl (C=O) groups excluding carboxylic acids is 2. The van der Waals surface area contributed by atoms with Gasteiger partial charge in [-0.25, -0.2) is 4.98 Å². The number of fused-ring (bicyclic) bond motifs is 1. The molecule has 1 aromatic heterocycles. The van der Waals surface area contributed by atoms with Crippen LogP contribution in [0.3, 0.4) is 0 Å². The molecule has 7 nitrogen and oxygen atoms in total. The Morgan fingerprint density at radius 1 is 1.20 bits per heavy atom. The highest BCUT2D eigenvalue weighted by molar-refractivity contribution is 6.59. The normalized spacial score (nSPS) is 14.5. The predicted octanol–water partition coefficient (Wildman–Crippen LogP) is -2.21. The SMILES string of the molecule is O=C1C=c2nccnc2=C([N+](=O)[O-])C1=O. The van der Waals surface area contributed by atoms with Crippen LogP contribution >= 0.6 is 0 Å². The molecule has 74 valence electrons. The van der Waals surface area contributed by atoms with Gasteiger partial charge in [-0.1, -0.05) is 0 Å². The molecule has 2 rings (SSSR count). The Kier molecular flexibility index (Phi) is 1.86. The van der Waals surface area contributed by atoms with Crippen LogP contribution in [0.25, 0.3) is 11.8 Å². The zero-order chi connectivity index (χ0) is 11.0. The van der Waals surface area contributed by atoms with Crippen LogP contribution in [0.4, 0.5) is 0 Å². The van der Waals surface area contributed by atoms with E-state index in [1.165, 1.54) is 12.4 Å². The molecule has 0 saturated carbocycles. The minimum atomic E-state index is -1.16. The van der Waals surface area contributed by atoms with E-state index in [1.54, 1.807) is 0 Å². The van der Waals surface area contributed by atoms with Crippen molar-refractivity contribution in [2.24, 2.45) is 0 Å². The Morgan fingerprint density at radius 3 is 2.53 bits per heavy atom. The molecule has 1 aliphatic carbocycles. The molecule has 7 heteroatoms. The van der Waals surface area contributed by atoms with E-state index < -0.39 is 22.2 Å². The summed E-state index contributed by atoms with van der Waals surface area (Å²) >= 11 is 0. The monoisotopic (exact) mass is 205 g/mol. The molecule has 0 radical (unpaired) electrons. The zero-order valence-electron chi connectivity index (χ0n) is 7.21. The third-order valence-corrected chi connectivity index (χ3v) is 1.84. The number of carbonyl (C=O) groups is 2. The standard InChI is InChI=1S/C8H3N3O4/c12-5-3-4-6(10-2-1-9-4)7(8(5)13)11(14)15/h1-3H. The first-order chi connectivity index (χ1) is 7.11. The van der Waals surface area contributed by atoms with Crippen molar-refractivity contribution in [3.8, 4) is 0 Å². The van der Waals surface area contributed by atoms with Crippen molar-refractivity contribution in [3.05, 3.63) is 33.2 Å². The summed E-state index contributed by atoms with van der Waals surface area (Å²) in [6, 6.07) is 0. The van der Waals surface area contributed by atoms with Crippen LogP contribution in [0.2, 0.25) is 0 Å². The minimum absolute atomic E-state index is 0.0498. The highest BCUT2D eigenvalue weighted by Crippen LogP contribution is 1.99. The molecule has 0 unspecified atom stereocenters. The lowest BCUT2D eigenvalue weighted by Gasteiger charge is -1.99. The van der Waals surface area contributed by atoms with Crippen molar-refractivity contribution in [2.45, 2.75) is 0 Å². The number of nitrogens with zero attached hydrogens (tertiary/aromatic N) is 3. The Morgan fingerprint density at radius 2 is 1.87 bits per heavy atom. The average Bonchev–Trinajstić information content (AvgIpc) is 2.19. The third kappa shape index (κ3) is 1.30. The first-order valence-electron chi connectivity index (χ1n) is 3.87. The number of nitro groups is 1. The van der Waals surface area contributed by atoms with Crippen LogP contribution in [0.1, 0.15) is 0 Å². The molecule has 0 N–H and O–H groups in total. The van der Waals surface area contributed by atoms with Crippen LogP contribution in [-0.2, 0) is 9.59 Å². The summed E-state index contributed by atoms with van der Waals surface area (Å²) in [5.74, 6) is -2.11. The Labute approximate surface area is 81.9 Å². The van der Waals surface area contributed by atoms with Crippen molar-refractivity contribution in [1.82, 2.24) is 9.97 Å². The molecule has 15 heavy (non-hydrogen) atoms. The summed E-state index contributed by atoms with van der Waals surface area (Å²) in [6.07, 6.45) is 3.45. The molecule has 1 aliphatic rings. The minimum Gasteiger partial charge on any atom is -0.285 e. The lowest BCUT2D eigenvalue weighted by molar-refractivity contribution is -0.375. The van der Waals surface area contributed by atoms with Crippen molar-refractivity contribution in [2.75, 3.05) is 0 Å². The molecule has 0 spiro atoms. The third-order valence-electron chi connectivity index (χ3n) is 1.84. The van der Waals surface area contributed by atoms with Crippen molar-refractivity contribution in [3.63, 3.8) is 0 Å². The van der Waals surface area contributed by atoms with E-state index in [0.29, 0.717) is 0 Å². The number of aromatic nitrogens is 2. The Hall–Kier alpha value is -2.44. The maximum atomic E-state index is 11.2. The van der Waals surface area contributed by atoms with Crippen molar-refractivity contribution < 1.29 is 14.5 Å². The fourth-order valence-corrected chi connectivity index (χ4v) is 1.22. The molecule has 0 fully saturated rings. The Balaban J connectivity index is 2.98. The summed E-state index contributed by atoms with van der Waals surface area (Å²) < 4.78 is 0. The second kappa shape index (κ2) is 3.05. The largest absolute Gasteiger partial charge is 0.348 e. The maximum absolute atomic E-state index is 11.2. The van der Waals surface area contributed by atoms with Crippen LogP contribution in [-0.4, -0.2) is 26.5 Å². The van der Waals surface area contributed by atoms with Gasteiger partial charge in [0.1, 0.15) is 0 Å². The van der Waals surface area contributed by atoms with E-state index in [0.717, 1.165) is 6.08 Å². The smallest absolute Gasteiger partial charge is 0.285 e. The first kappa shape index (κ1) is 9.13. The van der Waals surface area contributed by atoms with Gasteiger partial charge in [-0.15, -0.1) is 0 Å². The topological polar surface area (TPSA) is 103 Å². The van der Waals surface area contributed by atoms with E-state index >= 15 is 0 Å². The number of hydrogen-bond donors (Lipinski definition) is 0. The molecule has 0 bridgehead atoms. The molecule has 1 heterocycles. The number of ketones is 2. The van der Waals surface area contributed by atoms with Crippen LogP contribution in [0.5, 0.6) is 0 Å². The van der Waals surface area contributed by atoms with Crippen LogP contribution < -0.4 is 10.7 Å². The van der Waals surface area contributed by atoms with E-state index in [1.807, 2.05) is 0 Å². The van der Waals surface area contributed by atoms with Crippen molar-refractivity contribution >= 4 is 23.3 Å². The van der Waals surface area contributed by atoms with Gasteiger partial charge in [0.15, 0.2) is 5.35 Å². The Bertz CT molecular complexity index is 605. The summed E-state index contributed by atoms with van der Waals surface area (Å²) in [4.78, 5) is 39.3. The van der Waals surface area contributed by atoms with Crippen LogP contribution in [0.15, 0.2) is 12.4 Å². The highest BCUT2D eigenvalue weighted by atomic mass is 16.6. The van der Waals surface area contributed by atoms with Crippen molar-refractivity contribution in [1.29, 1.82) is 0 Å². The molecule has 0 amide bonds. The quantitative estimate of drug-likeness (QED) is 0.292. The predicted molar refractivity (Wildman–Crippen MR) is 46.2 cm³/mol. The van der Waals surface area contributed by atoms with Gasteiger partial charge in [-0.3, -0.25) is 24.7 Å². The van der Waals surface area contributed by atoms with E-state index in [4.69, 9.17) is 0 Å². The summed E-state index contributed by atoms with van der Waals surface area (Å²) in [5.41, 5.74) is -0.814. The summed E-state index contributed by atoms with van der Waals surface area (Å²) in [5, 5.41) is 10.5. The van der Waals surface area contributed by atoms with Gasteiger partial charge in [0.2, 0.25) is 5.78 Å². The van der Waals surface area contributed by atoms with Gasteiger partial charge >= 0.3 is 11.5 Å². The van der Waals surface area contributed by atoms with Gasteiger partial charge in [-0.05, 0) is 0 Å². The molecule has 1 aromatic rings. The van der Waals surface area contributed by atoms with Crippen LogP contribution in [0, 0.1) is 10.1 Å².